The molecule has 0 N–H and O–H groups in total. The molecule has 4 aromatic carbocycles. The molecule has 5 rings (SSSR count). The number of nitrogens with zero attached hydrogens (tertiary/aromatic N) is 6. The van der Waals surface area contributed by atoms with Crippen molar-refractivity contribution < 1.29 is 28.2 Å². The summed E-state index contributed by atoms with van der Waals surface area (Å²) in [7, 11) is 0. The van der Waals surface area contributed by atoms with Crippen molar-refractivity contribution in [3.05, 3.63) is 121 Å². The summed E-state index contributed by atoms with van der Waals surface area (Å²) in [6.07, 6.45) is 9.24. The van der Waals surface area contributed by atoms with Crippen LogP contribution in [0.4, 0.5) is 45.5 Å². The zero-order valence-electron chi connectivity index (χ0n) is 35.7. The van der Waals surface area contributed by atoms with Crippen molar-refractivity contribution in [2.45, 2.75) is 61.4 Å². The van der Waals surface area contributed by atoms with Gasteiger partial charge in [-0.1, -0.05) is 26.0 Å². The summed E-state index contributed by atoms with van der Waals surface area (Å²) in [5.41, 5.74) is 10.6. The summed E-state index contributed by atoms with van der Waals surface area (Å²) in [5.74, 6) is 0. The number of halogens is 6. The molecule has 0 fully saturated rings. The number of benzene rings is 4. The third-order valence-electron chi connectivity index (χ3n) is 10.5. The number of hydrogen-bond acceptors (Lipinski definition) is 5. The maximum Gasteiger partial charge on any atom is 5.00 e. The van der Waals surface area contributed by atoms with E-state index in [1.165, 1.54) is 17.1 Å². The van der Waals surface area contributed by atoms with Crippen LogP contribution < -0.4 is 52.4 Å². The van der Waals surface area contributed by atoms with E-state index in [-0.39, 0.29) is 52.7 Å². The molecule has 322 valence electrons. The Balaban J connectivity index is -0.00000448. The normalized spacial score (nSPS) is 12.2. The summed E-state index contributed by atoms with van der Waals surface area (Å²) >= 11 is 0. The quantitative estimate of drug-likeness (QED) is 0.0595. The van der Waals surface area contributed by atoms with E-state index < -0.39 is 0 Å². The van der Waals surface area contributed by atoms with Crippen LogP contribution in [0.1, 0.15) is 55.4 Å². The van der Waals surface area contributed by atoms with Gasteiger partial charge in [-0.25, -0.2) is 0 Å². The fourth-order valence-corrected chi connectivity index (χ4v) is 7.40. The van der Waals surface area contributed by atoms with Crippen LogP contribution in [0.3, 0.4) is 0 Å². The topological polar surface area (TPSA) is 19.2 Å². The largest absolute Gasteiger partial charge is 5.00 e. The molecule has 6 nitrogen and oxygen atoms in total. The zero-order chi connectivity index (χ0) is 37.0. The molecule has 0 atom stereocenters. The molecule has 0 aromatic heterocycles. The van der Waals surface area contributed by atoms with E-state index >= 15 is 0 Å². The van der Waals surface area contributed by atoms with Gasteiger partial charge >= 0.3 is 24.4 Å². The SMILES string of the molecule is CCN(CC)c1ccc(N(c2ccc(N(CC)CC)cc2)c2ccc([N+](=C3C=CC(N(CC)CC)C=C3)c3ccc(N(CC)CC)cc3)cc2)cc1.[F-].[F-].[F-].[F-].[F-].[F-].[Sb+5]. The second-order valence-electron chi connectivity index (χ2n) is 13.1. The minimum absolute atomic E-state index is 0. The van der Waals surface area contributed by atoms with E-state index in [4.69, 9.17) is 0 Å². The molecule has 0 aliphatic heterocycles. The number of likely N-dealkylation sites (N-methyl/N-ethyl adjacent to an activating group) is 1. The van der Waals surface area contributed by atoms with Gasteiger partial charge in [0, 0.05) is 116 Å². The van der Waals surface area contributed by atoms with Gasteiger partial charge in [-0.3, -0.25) is 4.90 Å². The summed E-state index contributed by atoms with van der Waals surface area (Å²) in [6.45, 7) is 25.7. The standard InChI is InChI=1S/C46H61N6.6FH.Sb/c1-9-47(10-2)37-17-25-41(26-18-37)51(42-27-19-38(20-28-42)48(11-3)12-4)45-33-35-46(36-34-45)52(43-29-21-39(22-30-43)49(13-5)14-6)44-31-23-40(24-32-44)50(15-7)16-8;;;;;;;/h17-37H,9-16H2,1-8H3;6*1H;/q+1;;;;;;;+5/p-6. The molecule has 0 amide bonds. The van der Waals surface area contributed by atoms with Gasteiger partial charge in [-0.05, 0) is 127 Å². The zero-order valence-corrected chi connectivity index (χ0v) is 38.2. The molecule has 59 heavy (non-hydrogen) atoms. The van der Waals surface area contributed by atoms with Gasteiger partial charge in [0.15, 0.2) is 0 Å². The first-order valence-electron chi connectivity index (χ1n) is 19.7. The monoisotopic (exact) mass is 932 g/mol. The second kappa shape index (κ2) is 28.9. The third kappa shape index (κ3) is 13.8. The predicted octanol–water partition coefficient (Wildman–Crippen LogP) is -7.55. The molecule has 4 aromatic rings. The van der Waals surface area contributed by atoms with Crippen LogP contribution in [-0.4, -0.2) is 93.4 Å². The molecule has 1 aliphatic carbocycles. The number of hydrogen-bond donors (Lipinski definition) is 0. The Kier molecular flexibility index (Phi) is 28.9. The number of anilines is 6. The first-order valence-corrected chi connectivity index (χ1v) is 19.7. The summed E-state index contributed by atoms with van der Waals surface area (Å²) in [6, 6.07) is 36.4. The average Bonchev–Trinajstić information content (AvgIpc) is 3.20. The van der Waals surface area contributed by atoms with Crippen molar-refractivity contribution in [1.82, 2.24) is 9.48 Å². The van der Waals surface area contributed by atoms with Crippen molar-refractivity contribution in [2.75, 3.05) is 72.0 Å². The predicted molar refractivity (Wildman–Crippen MR) is 235 cm³/mol. The van der Waals surface area contributed by atoms with E-state index in [0.717, 1.165) is 86.5 Å². The molecular weight excluding hydrogens is 872 g/mol. The van der Waals surface area contributed by atoms with Gasteiger partial charge in [-0.15, -0.1) is 0 Å². The molecular formula is C46H61F6N6Sb. The van der Waals surface area contributed by atoms with E-state index in [9.17, 15) is 0 Å². The van der Waals surface area contributed by atoms with Crippen molar-refractivity contribution in [2.24, 2.45) is 0 Å². The minimum atomic E-state index is 0. The van der Waals surface area contributed by atoms with E-state index in [1.54, 1.807) is 0 Å². The first-order chi connectivity index (χ1) is 25.4. The molecule has 0 bridgehead atoms. The summed E-state index contributed by atoms with van der Waals surface area (Å²) in [5, 5.41) is 0. The van der Waals surface area contributed by atoms with Gasteiger partial charge in [0.2, 0.25) is 17.1 Å². The van der Waals surface area contributed by atoms with Crippen LogP contribution in [-0.2, 0) is 0 Å². The molecule has 13 heteroatoms. The van der Waals surface area contributed by atoms with Crippen molar-refractivity contribution in [3.8, 4) is 0 Å². The van der Waals surface area contributed by atoms with E-state index in [2.05, 4.69) is 206 Å². The Bertz CT molecular complexity index is 1720. The maximum atomic E-state index is 2.47. The van der Waals surface area contributed by atoms with Gasteiger partial charge in [0.25, 0.3) is 0 Å². The van der Waals surface area contributed by atoms with Crippen molar-refractivity contribution in [1.29, 1.82) is 0 Å². The van der Waals surface area contributed by atoms with Crippen LogP contribution in [0.25, 0.3) is 0 Å². The summed E-state index contributed by atoms with van der Waals surface area (Å²) < 4.78 is 2.38. The van der Waals surface area contributed by atoms with Crippen molar-refractivity contribution in [3.63, 3.8) is 0 Å². The number of allylic oxidation sites excluding steroid dienone is 2. The fraction of sp³-hybridized carbons (Fsp3) is 0.370. The summed E-state index contributed by atoms with van der Waals surface area (Å²) in [4.78, 5) is 12.0. The smallest absolute Gasteiger partial charge is 1.00 e. The Hall–Kier alpha value is -4.41. The van der Waals surface area contributed by atoms with Crippen LogP contribution >= 0.6 is 0 Å². The Labute approximate surface area is 366 Å². The molecule has 0 radical (unpaired) electrons. The van der Waals surface area contributed by atoms with Crippen LogP contribution in [0.15, 0.2) is 121 Å². The van der Waals surface area contributed by atoms with Gasteiger partial charge in [0.1, 0.15) is 0 Å². The maximum absolute atomic E-state index is 2.47. The average molecular weight is 934 g/mol. The molecule has 0 saturated heterocycles. The number of rotatable bonds is 17. The minimum Gasteiger partial charge on any atom is -1.00 e. The molecule has 0 heterocycles. The Morgan fingerprint density at radius 2 is 0.627 bits per heavy atom. The molecule has 1 aliphatic rings. The van der Waals surface area contributed by atoms with Gasteiger partial charge < -0.3 is 47.8 Å². The fourth-order valence-electron chi connectivity index (χ4n) is 7.40. The second-order valence-corrected chi connectivity index (χ2v) is 13.1. The first kappa shape index (κ1) is 58.9. The molecule has 0 spiro atoms. The van der Waals surface area contributed by atoms with Gasteiger partial charge in [-0.2, -0.15) is 4.58 Å². The molecule has 0 unspecified atom stereocenters. The van der Waals surface area contributed by atoms with Crippen molar-refractivity contribution >= 4 is 75.6 Å². The Morgan fingerprint density at radius 1 is 0.373 bits per heavy atom. The van der Waals surface area contributed by atoms with Crippen LogP contribution in [0.5, 0.6) is 0 Å². The third-order valence-corrected chi connectivity index (χ3v) is 10.5. The van der Waals surface area contributed by atoms with Gasteiger partial charge in [0.05, 0.1) is 0 Å². The van der Waals surface area contributed by atoms with Crippen LogP contribution in [0.2, 0.25) is 0 Å². The Morgan fingerprint density at radius 3 is 0.898 bits per heavy atom. The van der Waals surface area contributed by atoms with Crippen LogP contribution in [0, 0.1) is 0 Å². The van der Waals surface area contributed by atoms with E-state index in [0.29, 0.717) is 6.04 Å². The molecule has 0 saturated carbocycles. The van der Waals surface area contributed by atoms with E-state index in [1.807, 2.05) is 0 Å².